The summed E-state index contributed by atoms with van der Waals surface area (Å²) in [6.45, 7) is 0.0743. The summed E-state index contributed by atoms with van der Waals surface area (Å²) >= 11 is 11.8. The Balaban J connectivity index is 2.26. The summed E-state index contributed by atoms with van der Waals surface area (Å²) < 4.78 is 10.7. The van der Waals surface area contributed by atoms with E-state index < -0.39 is 4.92 Å². The van der Waals surface area contributed by atoms with Crippen LogP contribution in [0.25, 0.3) is 0 Å². The summed E-state index contributed by atoms with van der Waals surface area (Å²) in [5, 5.41) is 11.8. The molecule has 0 N–H and O–H groups in total. The summed E-state index contributed by atoms with van der Waals surface area (Å²) in [5.74, 6) is 0.679. The number of nitro groups is 1. The van der Waals surface area contributed by atoms with Crippen LogP contribution in [-0.4, -0.2) is 12.0 Å². The zero-order chi connectivity index (χ0) is 15.4. The first-order valence-corrected chi connectivity index (χ1v) is 6.66. The second kappa shape index (κ2) is 6.65. The molecule has 0 saturated heterocycles. The molecule has 110 valence electrons. The predicted molar refractivity (Wildman–Crippen MR) is 80.4 cm³/mol. The van der Waals surface area contributed by atoms with Gasteiger partial charge in [0, 0.05) is 27.7 Å². The number of nitrogens with zero attached hydrogens (tertiary/aromatic N) is 1. The number of benzene rings is 2. The van der Waals surface area contributed by atoms with Crippen molar-refractivity contribution in [3.63, 3.8) is 0 Å². The van der Waals surface area contributed by atoms with Gasteiger partial charge in [0.15, 0.2) is 5.75 Å². The Morgan fingerprint density at radius 2 is 1.76 bits per heavy atom. The molecule has 2 aromatic rings. The molecule has 5 nitrogen and oxygen atoms in total. The fourth-order valence-electron chi connectivity index (χ4n) is 1.77. The van der Waals surface area contributed by atoms with E-state index in [0.717, 1.165) is 0 Å². The highest BCUT2D eigenvalue weighted by Crippen LogP contribution is 2.32. The smallest absolute Gasteiger partial charge is 0.311 e. The fraction of sp³-hybridized carbons (Fsp3) is 0.143. The van der Waals surface area contributed by atoms with E-state index in [4.69, 9.17) is 32.7 Å². The maximum atomic E-state index is 11.0. The highest BCUT2D eigenvalue weighted by Gasteiger charge is 2.16. The fourth-order valence-corrected chi connectivity index (χ4v) is 2.13. The summed E-state index contributed by atoms with van der Waals surface area (Å²) in [4.78, 5) is 10.4. The second-order valence-electron chi connectivity index (χ2n) is 4.11. The van der Waals surface area contributed by atoms with Crippen molar-refractivity contribution in [2.75, 3.05) is 7.11 Å². The van der Waals surface area contributed by atoms with Crippen molar-refractivity contribution >= 4 is 28.9 Å². The van der Waals surface area contributed by atoms with E-state index in [1.54, 1.807) is 18.2 Å². The zero-order valence-corrected chi connectivity index (χ0v) is 12.5. The Kier molecular flexibility index (Phi) is 4.88. The Hall–Kier alpha value is -1.98. The van der Waals surface area contributed by atoms with Gasteiger partial charge in [-0.1, -0.05) is 23.2 Å². The van der Waals surface area contributed by atoms with Crippen LogP contribution in [0, 0.1) is 10.1 Å². The van der Waals surface area contributed by atoms with Crippen LogP contribution >= 0.6 is 23.2 Å². The molecular formula is C14H11Cl2NO4. The predicted octanol–water partition coefficient (Wildman–Crippen LogP) is 4.49. The molecule has 7 heteroatoms. The van der Waals surface area contributed by atoms with Crippen LogP contribution in [0.2, 0.25) is 10.0 Å². The van der Waals surface area contributed by atoms with Crippen LogP contribution in [-0.2, 0) is 6.61 Å². The van der Waals surface area contributed by atoms with Gasteiger partial charge < -0.3 is 9.47 Å². The Bertz CT molecular complexity index is 676. The third-order valence-electron chi connectivity index (χ3n) is 2.74. The molecule has 0 radical (unpaired) electrons. The molecule has 0 aliphatic heterocycles. The van der Waals surface area contributed by atoms with Gasteiger partial charge in [0.1, 0.15) is 12.4 Å². The SMILES string of the molecule is COc1ccc(Cl)cc1COc1cc(Cl)ccc1[N+](=O)[O-]. The molecule has 0 spiro atoms. The standard InChI is InChI=1S/C14H11Cl2NO4/c1-20-13-5-3-10(15)6-9(13)8-21-14-7-11(16)2-4-12(14)17(18)19/h2-7H,8H2,1H3. The van der Waals surface area contributed by atoms with E-state index >= 15 is 0 Å². The first-order chi connectivity index (χ1) is 10.0. The minimum absolute atomic E-state index is 0.0743. The minimum atomic E-state index is -0.527. The number of halogens is 2. The second-order valence-corrected chi connectivity index (χ2v) is 4.99. The molecule has 0 bridgehead atoms. The topological polar surface area (TPSA) is 61.6 Å². The quantitative estimate of drug-likeness (QED) is 0.599. The van der Waals surface area contributed by atoms with Crippen molar-refractivity contribution in [1.29, 1.82) is 0 Å². The van der Waals surface area contributed by atoms with Gasteiger partial charge in [0.2, 0.25) is 0 Å². The lowest BCUT2D eigenvalue weighted by Gasteiger charge is -2.11. The summed E-state index contributed by atoms with van der Waals surface area (Å²) in [6.07, 6.45) is 0. The van der Waals surface area contributed by atoms with Crippen LogP contribution in [0.1, 0.15) is 5.56 Å². The molecule has 0 saturated carbocycles. The average Bonchev–Trinajstić information content (AvgIpc) is 2.45. The lowest BCUT2D eigenvalue weighted by Crippen LogP contribution is -2.01. The van der Waals surface area contributed by atoms with Crippen molar-refractivity contribution in [3.05, 3.63) is 62.1 Å². The maximum absolute atomic E-state index is 11.0. The van der Waals surface area contributed by atoms with Crippen molar-refractivity contribution < 1.29 is 14.4 Å². The van der Waals surface area contributed by atoms with Gasteiger partial charge in [-0.05, 0) is 24.3 Å². The molecule has 0 heterocycles. The maximum Gasteiger partial charge on any atom is 0.311 e. The molecule has 0 unspecified atom stereocenters. The molecule has 0 aromatic heterocycles. The van der Waals surface area contributed by atoms with Crippen molar-refractivity contribution in [2.24, 2.45) is 0 Å². The largest absolute Gasteiger partial charge is 0.496 e. The number of methoxy groups -OCH3 is 1. The lowest BCUT2D eigenvalue weighted by molar-refractivity contribution is -0.385. The number of hydrogen-bond donors (Lipinski definition) is 0. The average molecular weight is 328 g/mol. The van der Waals surface area contributed by atoms with Gasteiger partial charge in [0.25, 0.3) is 0 Å². The van der Waals surface area contributed by atoms with Crippen LogP contribution in [0.4, 0.5) is 5.69 Å². The normalized spacial score (nSPS) is 10.2. The molecule has 2 aromatic carbocycles. The molecule has 0 amide bonds. The van der Waals surface area contributed by atoms with E-state index in [-0.39, 0.29) is 18.0 Å². The number of hydrogen-bond acceptors (Lipinski definition) is 4. The van der Waals surface area contributed by atoms with Gasteiger partial charge in [0.05, 0.1) is 12.0 Å². The van der Waals surface area contributed by atoms with Crippen molar-refractivity contribution in [1.82, 2.24) is 0 Å². The molecule has 0 atom stereocenters. The lowest BCUT2D eigenvalue weighted by atomic mass is 10.2. The molecule has 0 fully saturated rings. The van der Waals surface area contributed by atoms with Crippen LogP contribution in [0.15, 0.2) is 36.4 Å². The van der Waals surface area contributed by atoms with Crippen molar-refractivity contribution in [2.45, 2.75) is 6.61 Å². The van der Waals surface area contributed by atoms with Gasteiger partial charge in [-0.25, -0.2) is 0 Å². The summed E-state index contributed by atoms with van der Waals surface area (Å²) in [7, 11) is 1.52. The van der Waals surface area contributed by atoms with E-state index in [2.05, 4.69) is 0 Å². The Labute approximate surface area is 131 Å². The van der Waals surface area contributed by atoms with Gasteiger partial charge >= 0.3 is 5.69 Å². The van der Waals surface area contributed by atoms with E-state index in [0.29, 0.717) is 21.4 Å². The highest BCUT2D eigenvalue weighted by molar-refractivity contribution is 6.31. The third-order valence-corrected chi connectivity index (χ3v) is 3.21. The van der Waals surface area contributed by atoms with Gasteiger partial charge in [-0.15, -0.1) is 0 Å². The van der Waals surface area contributed by atoms with E-state index in [1.807, 2.05) is 0 Å². The van der Waals surface area contributed by atoms with Crippen LogP contribution < -0.4 is 9.47 Å². The van der Waals surface area contributed by atoms with E-state index in [9.17, 15) is 10.1 Å². The third kappa shape index (κ3) is 3.77. The van der Waals surface area contributed by atoms with Gasteiger partial charge in [-0.3, -0.25) is 10.1 Å². The Morgan fingerprint density at radius 1 is 1.10 bits per heavy atom. The number of ether oxygens (including phenoxy) is 2. The number of nitro benzene ring substituents is 1. The zero-order valence-electron chi connectivity index (χ0n) is 11.0. The van der Waals surface area contributed by atoms with Gasteiger partial charge in [-0.2, -0.15) is 0 Å². The summed E-state index contributed by atoms with van der Waals surface area (Å²) in [6, 6.07) is 9.20. The first-order valence-electron chi connectivity index (χ1n) is 5.90. The highest BCUT2D eigenvalue weighted by atomic mass is 35.5. The first kappa shape index (κ1) is 15.4. The molecule has 21 heavy (non-hydrogen) atoms. The molecular weight excluding hydrogens is 317 g/mol. The Morgan fingerprint density at radius 3 is 2.43 bits per heavy atom. The number of rotatable bonds is 5. The monoisotopic (exact) mass is 327 g/mol. The van der Waals surface area contributed by atoms with E-state index in [1.165, 1.54) is 25.3 Å². The molecule has 0 aliphatic rings. The molecule has 2 rings (SSSR count). The minimum Gasteiger partial charge on any atom is -0.496 e. The summed E-state index contributed by atoms with van der Waals surface area (Å²) in [5.41, 5.74) is 0.527. The van der Waals surface area contributed by atoms with Crippen molar-refractivity contribution in [3.8, 4) is 11.5 Å². The van der Waals surface area contributed by atoms with Crippen LogP contribution in [0.5, 0.6) is 11.5 Å². The van der Waals surface area contributed by atoms with Crippen LogP contribution in [0.3, 0.4) is 0 Å². The molecule has 0 aliphatic carbocycles.